The lowest BCUT2D eigenvalue weighted by Gasteiger charge is -2.24. The van der Waals surface area contributed by atoms with Crippen LogP contribution in [0, 0.1) is 0 Å². The van der Waals surface area contributed by atoms with Gasteiger partial charge in [-0.3, -0.25) is 9.59 Å². The van der Waals surface area contributed by atoms with Crippen molar-refractivity contribution in [2.24, 2.45) is 0 Å². The Kier molecular flexibility index (Phi) is 6.72. The van der Waals surface area contributed by atoms with E-state index in [0.717, 1.165) is 36.9 Å². The van der Waals surface area contributed by atoms with Crippen molar-refractivity contribution in [3.63, 3.8) is 0 Å². The molecule has 0 radical (unpaired) electrons. The molecule has 0 unspecified atom stereocenters. The van der Waals surface area contributed by atoms with Gasteiger partial charge in [0.1, 0.15) is 5.82 Å². The summed E-state index contributed by atoms with van der Waals surface area (Å²) in [6.45, 7) is 7.64. The fourth-order valence-electron chi connectivity index (χ4n) is 3.50. The van der Waals surface area contributed by atoms with Gasteiger partial charge in [0.2, 0.25) is 11.8 Å². The fourth-order valence-corrected chi connectivity index (χ4v) is 3.50. The third-order valence-electron chi connectivity index (χ3n) is 5.25. The SMILES string of the molecule is CC(C)(C)c1cc(NC(=O)CN2CCCCCCC2=O)n(Cc2ccccc2)n1. The van der Waals surface area contributed by atoms with Gasteiger partial charge < -0.3 is 10.2 Å². The Morgan fingerprint density at radius 3 is 2.55 bits per heavy atom. The van der Waals surface area contributed by atoms with E-state index in [1.165, 1.54) is 0 Å². The maximum absolute atomic E-state index is 12.7. The lowest BCUT2D eigenvalue weighted by Crippen LogP contribution is -2.39. The number of amides is 2. The molecule has 1 fully saturated rings. The first-order valence-electron chi connectivity index (χ1n) is 10.5. The molecular formula is C23H32N4O2. The molecule has 6 heteroatoms. The lowest BCUT2D eigenvalue weighted by molar-refractivity contribution is -0.135. The normalized spacial score (nSPS) is 15.7. The average Bonchev–Trinajstić information content (AvgIpc) is 3.05. The van der Waals surface area contributed by atoms with Gasteiger partial charge in [0.25, 0.3) is 0 Å². The molecule has 1 saturated heterocycles. The smallest absolute Gasteiger partial charge is 0.245 e. The van der Waals surface area contributed by atoms with Gasteiger partial charge in [0.15, 0.2) is 0 Å². The van der Waals surface area contributed by atoms with Crippen LogP contribution in [0.5, 0.6) is 0 Å². The first-order chi connectivity index (χ1) is 13.8. The highest BCUT2D eigenvalue weighted by Crippen LogP contribution is 2.25. The molecule has 2 aromatic rings. The molecule has 6 nitrogen and oxygen atoms in total. The minimum absolute atomic E-state index is 0.0769. The molecule has 1 aliphatic rings. The van der Waals surface area contributed by atoms with Crippen LogP contribution in [-0.4, -0.2) is 39.6 Å². The highest BCUT2D eigenvalue weighted by Gasteiger charge is 2.23. The van der Waals surface area contributed by atoms with Gasteiger partial charge in [-0.2, -0.15) is 5.10 Å². The van der Waals surface area contributed by atoms with Crippen LogP contribution in [-0.2, 0) is 21.5 Å². The van der Waals surface area contributed by atoms with Crippen LogP contribution in [0.4, 0.5) is 5.82 Å². The summed E-state index contributed by atoms with van der Waals surface area (Å²) in [5, 5.41) is 7.74. The second-order valence-electron chi connectivity index (χ2n) is 8.84. The largest absolute Gasteiger partial charge is 0.333 e. The van der Waals surface area contributed by atoms with E-state index in [4.69, 9.17) is 5.10 Å². The van der Waals surface area contributed by atoms with Gasteiger partial charge in [0.05, 0.1) is 18.8 Å². The van der Waals surface area contributed by atoms with Gasteiger partial charge in [-0.25, -0.2) is 4.68 Å². The van der Waals surface area contributed by atoms with E-state index in [1.807, 2.05) is 41.1 Å². The van der Waals surface area contributed by atoms with E-state index in [2.05, 4.69) is 26.1 Å². The van der Waals surface area contributed by atoms with Crippen LogP contribution in [0.1, 0.15) is 64.1 Å². The molecule has 29 heavy (non-hydrogen) atoms. The predicted molar refractivity (Wildman–Crippen MR) is 115 cm³/mol. The molecule has 156 valence electrons. The number of nitrogens with one attached hydrogen (secondary N) is 1. The summed E-state index contributed by atoms with van der Waals surface area (Å²) in [4.78, 5) is 26.8. The van der Waals surface area contributed by atoms with E-state index in [0.29, 0.717) is 25.3 Å². The fraction of sp³-hybridized carbons (Fsp3) is 0.522. The Morgan fingerprint density at radius 1 is 1.10 bits per heavy atom. The van der Waals surface area contributed by atoms with Gasteiger partial charge in [-0.1, -0.05) is 63.9 Å². The Bertz CT molecular complexity index is 836. The number of aromatic nitrogens is 2. The van der Waals surface area contributed by atoms with Crippen molar-refractivity contribution in [2.45, 2.75) is 64.8 Å². The van der Waals surface area contributed by atoms with E-state index in [9.17, 15) is 9.59 Å². The second kappa shape index (κ2) is 9.25. The van der Waals surface area contributed by atoms with E-state index < -0.39 is 0 Å². The van der Waals surface area contributed by atoms with E-state index in [1.54, 1.807) is 4.90 Å². The van der Waals surface area contributed by atoms with E-state index in [-0.39, 0.29) is 23.8 Å². The minimum Gasteiger partial charge on any atom is -0.333 e. The Hall–Kier alpha value is -2.63. The Labute approximate surface area is 173 Å². The van der Waals surface area contributed by atoms with Gasteiger partial charge >= 0.3 is 0 Å². The van der Waals surface area contributed by atoms with E-state index >= 15 is 0 Å². The van der Waals surface area contributed by atoms with Crippen LogP contribution in [0.15, 0.2) is 36.4 Å². The second-order valence-corrected chi connectivity index (χ2v) is 8.84. The number of anilines is 1. The van der Waals surface area contributed by atoms with Gasteiger partial charge in [-0.15, -0.1) is 0 Å². The van der Waals surface area contributed by atoms with Crippen LogP contribution in [0.25, 0.3) is 0 Å². The number of hydrogen-bond donors (Lipinski definition) is 1. The number of benzene rings is 1. The highest BCUT2D eigenvalue weighted by atomic mass is 16.2. The molecule has 0 bridgehead atoms. The Morgan fingerprint density at radius 2 is 1.83 bits per heavy atom. The van der Waals surface area contributed by atoms with Crippen molar-refractivity contribution >= 4 is 17.6 Å². The number of rotatable bonds is 5. The molecule has 0 aliphatic carbocycles. The van der Waals surface area contributed by atoms with Crippen molar-refractivity contribution in [2.75, 3.05) is 18.4 Å². The summed E-state index contributed by atoms with van der Waals surface area (Å²) >= 11 is 0. The van der Waals surface area contributed by atoms with Crippen LogP contribution >= 0.6 is 0 Å². The first kappa shape index (κ1) is 21.1. The third-order valence-corrected chi connectivity index (χ3v) is 5.25. The molecule has 1 aromatic carbocycles. The molecule has 2 heterocycles. The molecule has 2 amide bonds. The first-order valence-corrected chi connectivity index (χ1v) is 10.5. The number of carbonyl (C=O) groups excluding carboxylic acids is 2. The molecule has 1 aromatic heterocycles. The molecule has 0 atom stereocenters. The van der Waals surface area contributed by atoms with Crippen LogP contribution in [0.3, 0.4) is 0 Å². The molecule has 0 spiro atoms. The Balaban J connectivity index is 1.74. The van der Waals surface area contributed by atoms with Crippen LogP contribution in [0.2, 0.25) is 0 Å². The number of carbonyl (C=O) groups is 2. The van der Waals surface area contributed by atoms with Gasteiger partial charge in [-0.05, 0) is 18.4 Å². The minimum atomic E-state index is -0.173. The summed E-state index contributed by atoms with van der Waals surface area (Å²) in [7, 11) is 0. The third kappa shape index (κ3) is 5.92. The quantitative estimate of drug-likeness (QED) is 0.832. The summed E-state index contributed by atoms with van der Waals surface area (Å²) in [6.07, 6.45) is 4.62. The summed E-state index contributed by atoms with van der Waals surface area (Å²) < 4.78 is 1.84. The number of hydrogen-bond acceptors (Lipinski definition) is 3. The zero-order valence-electron chi connectivity index (χ0n) is 17.8. The summed E-state index contributed by atoms with van der Waals surface area (Å²) in [5.74, 6) is 0.574. The van der Waals surface area contributed by atoms with Crippen molar-refractivity contribution < 1.29 is 9.59 Å². The lowest BCUT2D eigenvalue weighted by atomic mass is 9.92. The average molecular weight is 397 g/mol. The maximum atomic E-state index is 12.7. The standard InChI is InChI=1S/C23H32N4O2/c1-23(2,3)19-15-20(27(25-19)16-18-11-7-6-8-12-18)24-21(28)17-26-14-10-5-4-9-13-22(26)29/h6-8,11-12,15H,4-5,9-10,13-14,16-17H2,1-3H3,(H,24,28). The zero-order valence-corrected chi connectivity index (χ0v) is 17.8. The van der Waals surface area contributed by atoms with Crippen molar-refractivity contribution in [1.29, 1.82) is 0 Å². The van der Waals surface area contributed by atoms with Crippen molar-refractivity contribution in [3.8, 4) is 0 Å². The molecule has 3 rings (SSSR count). The number of nitrogens with zero attached hydrogens (tertiary/aromatic N) is 3. The van der Waals surface area contributed by atoms with Crippen molar-refractivity contribution in [3.05, 3.63) is 47.7 Å². The molecule has 1 aliphatic heterocycles. The topological polar surface area (TPSA) is 67.2 Å². The molecule has 1 N–H and O–H groups in total. The number of likely N-dealkylation sites (tertiary alicyclic amines) is 1. The van der Waals surface area contributed by atoms with Crippen molar-refractivity contribution in [1.82, 2.24) is 14.7 Å². The van der Waals surface area contributed by atoms with Gasteiger partial charge in [0, 0.05) is 24.4 Å². The zero-order chi connectivity index (χ0) is 20.9. The predicted octanol–water partition coefficient (Wildman–Crippen LogP) is 3.96. The maximum Gasteiger partial charge on any atom is 0.245 e. The van der Waals surface area contributed by atoms with Crippen LogP contribution < -0.4 is 5.32 Å². The molecular weight excluding hydrogens is 364 g/mol. The monoisotopic (exact) mass is 396 g/mol. The highest BCUT2D eigenvalue weighted by molar-refractivity contribution is 5.94. The summed E-state index contributed by atoms with van der Waals surface area (Å²) in [6, 6.07) is 12.0. The summed E-state index contributed by atoms with van der Waals surface area (Å²) in [5.41, 5.74) is 1.91. The molecule has 0 saturated carbocycles.